The van der Waals surface area contributed by atoms with E-state index < -0.39 is 0 Å². The van der Waals surface area contributed by atoms with Gasteiger partial charge in [-0.1, -0.05) is 30.3 Å². The molecule has 29 heavy (non-hydrogen) atoms. The quantitative estimate of drug-likeness (QED) is 0.822. The van der Waals surface area contributed by atoms with E-state index in [0.29, 0.717) is 29.9 Å². The molecule has 2 fully saturated rings. The average molecular weight is 391 g/mol. The van der Waals surface area contributed by atoms with E-state index in [-0.39, 0.29) is 29.7 Å². The average Bonchev–Trinajstić information content (AvgIpc) is 3.60. The molecule has 1 aliphatic carbocycles. The number of hydrogen-bond acceptors (Lipinski definition) is 3. The normalized spacial score (nSPS) is 16.9. The molecule has 1 aliphatic heterocycles. The molecule has 3 amide bonds. The summed E-state index contributed by atoms with van der Waals surface area (Å²) >= 11 is 0. The van der Waals surface area contributed by atoms with Crippen LogP contribution in [0.25, 0.3) is 0 Å². The standard InChI is InChI=1S/C23H25N3O3/c27-21(17-10-11-17)24-18-12-14-26(15-13-18)23(29)19-8-4-5-9-20(19)25-22(28)16-6-2-1-3-7-16/h1-9,17-18H,10-15H2,(H,24,27)(H,25,28). The lowest BCUT2D eigenvalue weighted by molar-refractivity contribution is -0.123. The molecule has 4 rings (SSSR count). The SMILES string of the molecule is O=C(Nc1ccccc1C(=O)N1CCC(NC(=O)C2CC2)CC1)c1ccccc1. The molecule has 0 atom stereocenters. The second kappa shape index (κ2) is 8.47. The summed E-state index contributed by atoms with van der Waals surface area (Å²) in [6.45, 7) is 1.19. The molecule has 0 aromatic heterocycles. The van der Waals surface area contributed by atoms with Crippen LogP contribution in [0.2, 0.25) is 0 Å². The Morgan fingerprint density at radius 1 is 0.828 bits per heavy atom. The summed E-state index contributed by atoms with van der Waals surface area (Å²) in [6.07, 6.45) is 3.49. The lowest BCUT2D eigenvalue weighted by atomic mass is 10.0. The predicted molar refractivity (Wildman–Crippen MR) is 111 cm³/mol. The van der Waals surface area contributed by atoms with Crippen molar-refractivity contribution in [2.45, 2.75) is 31.7 Å². The molecule has 2 aromatic carbocycles. The Kier molecular flexibility index (Phi) is 5.60. The molecule has 2 aromatic rings. The van der Waals surface area contributed by atoms with Crippen LogP contribution in [-0.2, 0) is 4.79 Å². The molecule has 1 heterocycles. The Hall–Kier alpha value is -3.15. The smallest absolute Gasteiger partial charge is 0.255 e. The van der Waals surface area contributed by atoms with Gasteiger partial charge in [-0.2, -0.15) is 0 Å². The van der Waals surface area contributed by atoms with Crippen molar-refractivity contribution in [2.24, 2.45) is 5.92 Å². The van der Waals surface area contributed by atoms with Crippen LogP contribution in [0.3, 0.4) is 0 Å². The summed E-state index contributed by atoms with van der Waals surface area (Å²) in [5.41, 5.74) is 1.54. The fourth-order valence-corrected chi connectivity index (χ4v) is 3.62. The summed E-state index contributed by atoms with van der Waals surface area (Å²) in [7, 11) is 0. The lowest BCUT2D eigenvalue weighted by Gasteiger charge is -2.33. The summed E-state index contributed by atoms with van der Waals surface area (Å²) in [6, 6.07) is 16.2. The molecule has 6 heteroatoms. The predicted octanol–water partition coefficient (Wildman–Crippen LogP) is 3.07. The third-order valence-electron chi connectivity index (χ3n) is 5.52. The largest absolute Gasteiger partial charge is 0.353 e. The number of amides is 3. The van der Waals surface area contributed by atoms with E-state index >= 15 is 0 Å². The van der Waals surface area contributed by atoms with Gasteiger partial charge in [0.15, 0.2) is 0 Å². The van der Waals surface area contributed by atoms with Gasteiger partial charge in [0.05, 0.1) is 11.3 Å². The highest BCUT2D eigenvalue weighted by Crippen LogP contribution is 2.29. The number of para-hydroxylation sites is 1. The van der Waals surface area contributed by atoms with Crippen molar-refractivity contribution < 1.29 is 14.4 Å². The molecular weight excluding hydrogens is 366 g/mol. The molecule has 2 N–H and O–H groups in total. The zero-order valence-corrected chi connectivity index (χ0v) is 16.3. The maximum Gasteiger partial charge on any atom is 0.255 e. The highest BCUT2D eigenvalue weighted by atomic mass is 16.2. The number of rotatable bonds is 5. The summed E-state index contributed by atoms with van der Waals surface area (Å²) in [4.78, 5) is 39.3. The summed E-state index contributed by atoms with van der Waals surface area (Å²) in [5, 5.41) is 5.96. The number of anilines is 1. The maximum atomic E-state index is 13.1. The summed E-state index contributed by atoms with van der Waals surface area (Å²) < 4.78 is 0. The van der Waals surface area contributed by atoms with E-state index in [2.05, 4.69) is 10.6 Å². The van der Waals surface area contributed by atoms with E-state index in [1.807, 2.05) is 6.07 Å². The molecular formula is C23H25N3O3. The number of nitrogens with one attached hydrogen (secondary N) is 2. The van der Waals surface area contributed by atoms with Crippen LogP contribution in [0.1, 0.15) is 46.4 Å². The molecule has 1 saturated heterocycles. The van der Waals surface area contributed by atoms with Crippen molar-refractivity contribution in [1.29, 1.82) is 0 Å². The Labute approximate surface area is 170 Å². The van der Waals surface area contributed by atoms with Crippen LogP contribution in [0.15, 0.2) is 54.6 Å². The summed E-state index contributed by atoms with van der Waals surface area (Å²) in [5.74, 6) is 0.0202. The second-order valence-corrected chi connectivity index (χ2v) is 7.72. The molecule has 0 bridgehead atoms. The molecule has 0 spiro atoms. The highest BCUT2D eigenvalue weighted by molar-refractivity contribution is 6.09. The van der Waals surface area contributed by atoms with Gasteiger partial charge in [0.25, 0.3) is 11.8 Å². The number of piperidine rings is 1. The van der Waals surface area contributed by atoms with Gasteiger partial charge in [-0.25, -0.2) is 0 Å². The number of carbonyl (C=O) groups is 3. The monoisotopic (exact) mass is 391 g/mol. The molecule has 150 valence electrons. The zero-order chi connectivity index (χ0) is 20.2. The first kappa shape index (κ1) is 19.2. The van der Waals surface area contributed by atoms with Crippen molar-refractivity contribution in [2.75, 3.05) is 18.4 Å². The van der Waals surface area contributed by atoms with Crippen LogP contribution in [0.4, 0.5) is 5.69 Å². The number of hydrogen-bond donors (Lipinski definition) is 2. The Morgan fingerprint density at radius 2 is 1.48 bits per heavy atom. The van der Waals surface area contributed by atoms with Gasteiger partial charge in [0.1, 0.15) is 0 Å². The van der Waals surface area contributed by atoms with Crippen molar-refractivity contribution in [3.63, 3.8) is 0 Å². The molecule has 0 radical (unpaired) electrons. The second-order valence-electron chi connectivity index (χ2n) is 7.72. The fraction of sp³-hybridized carbons (Fsp3) is 0.348. The number of likely N-dealkylation sites (tertiary alicyclic amines) is 1. The first-order valence-corrected chi connectivity index (χ1v) is 10.2. The minimum absolute atomic E-state index is 0.0964. The van der Waals surface area contributed by atoms with E-state index in [1.54, 1.807) is 53.4 Å². The van der Waals surface area contributed by atoms with Gasteiger partial charge < -0.3 is 15.5 Å². The van der Waals surface area contributed by atoms with Crippen LogP contribution < -0.4 is 10.6 Å². The number of benzene rings is 2. The van der Waals surface area contributed by atoms with Crippen LogP contribution >= 0.6 is 0 Å². The number of nitrogens with zero attached hydrogens (tertiary/aromatic N) is 1. The van der Waals surface area contributed by atoms with Gasteiger partial charge in [-0.3, -0.25) is 14.4 Å². The Morgan fingerprint density at radius 3 is 2.17 bits per heavy atom. The molecule has 6 nitrogen and oxygen atoms in total. The third kappa shape index (κ3) is 4.65. The van der Waals surface area contributed by atoms with Gasteiger partial charge in [-0.05, 0) is 49.9 Å². The molecule has 2 aliphatic rings. The lowest BCUT2D eigenvalue weighted by Crippen LogP contribution is -2.47. The molecule has 0 unspecified atom stereocenters. The number of carbonyl (C=O) groups excluding carboxylic acids is 3. The van der Waals surface area contributed by atoms with Crippen LogP contribution in [0, 0.1) is 5.92 Å². The first-order valence-electron chi connectivity index (χ1n) is 10.2. The van der Waals surface area contributed by atoms with Gasteiger partial charge in [0, 0.05) is 30.6 Å². The van der Waals surface area contributed by atoms with Gasteiger partial charge in [-0.15, -0.1) is 0 Å². The third-order valence-corrected chi connectivity index (χ3v) is 5.52. The van der Waals surface area contributed by atoms with Crippen molar-refractivity contribution in [1.82, 2.24) is 10.2 Å². The van der Waals surface area contributed by atoms with Gasteiger partial charge in [0.2, 0.25) is 5.91 Å². The first-order chi connectivity index (χ1) is 14.1. The Balaban J connectivity index is 1.39. The zero-order valence-electron chi connectivity index (χ0n) is 16.3. The van der Waals surface area contributed by atoms with Crippen molar-refractivity contribution in [3.8, 4) is 0 Å². The van der Waals surface area contributed by atoms with Gasteiger partial charge >= 0.3 is 0 Å². The topological polar surface area (TPSA) is 78.5 Å². The maximum absolute atomic E-state index is 13.1. The fourth-order valence-electron chi connectivity index (χ4n) is 3.62. The Bertz CT molecular complexity index is 901. The van der Waals surface area contributed by atoms with E-state index in [9.17, 15) is 14.4 Å². The van der Waals surface area contributed by atoms with Crippen molar-refractivity contribution >= 4 is 23.4 Å². The van der Waals surface area contributed by atoms with E-state index in [0.717, 1.165) is 25.7 Å². The minimum atomic E-state index is -0.243. The van der Waals surface area contributed by atoms with E-state index in [4.69, 9.17) is 0 Å². The van der Waals surface area contributed by atoms with Crippen molar-refractivity contribution in [3.05, 3.63) is 65.7 Å². The van der Waals surface area contributed by atoms with E-state index in [1.165, 1.54) is 0 Å². The highest BCUT2D eigenvalue weighted by Gasteiger charge is 2.32. The molecule has 1 saturated carbocycles. The van der Waals surface area contributed by atoms with Crippen LogP contribution in [-0.4, -0.2) is 41.8 Å². The van der Waals surface area contributed by atoms with Crippen LogP contribution in [0.5, 0.6) is 0 Å². The minimum Gasteiger partial charge on any atom is -0.353 e.